The number of fused-ring (bicyclic) bond motifs is 1. The van der Waals surface area contributed by atoms with Crippen molar-refractivity contribution in [3.63, 3.8) is 0 Å². The third kappa shape index (κ3) is 3.69. The molecule has 9 heteroatoms. The van der Waals surface area contributed by atoms with Gasteiger partial charge in [0.1, 0.15) is 15.8 Å². The number of aliphatic hydroxyl groups excluding tert-OH is 1. The molecule has 28 heavy (non-hydrogen) atoms. The molecular formula is C19H22N4O3S2. The Labute approximate surface area is 172 Å². The molecule has 0 spiro atoms. The fourth-order valence-corrected chi connectivity index (χ4v) is 4.37. The van der Waals surface area contributed by atoms with Gasteiger partial charge in [-0.3, -0.25) is 18.9 Å². The van der Waals surface area contributed by atoms with Crippen LogP contribution in [0.1, 0.15) is 31.4 Å². The van der Waals surface area contributed by atoms with Gasteiger partial charge < -0.3 is 10.4 Å². The Morgan fingerprint density at radius 1 is 1.43 bits per heavy atom. The van der Waals surface area contributed by atoms with E-state index in [0.717, 1.165) is 12.0 Å². The first kappa shape index (κ1) is 20.5. The summed E-state index contributed by atoms with van der Waals surface area (Å²) in [5.41, 5.74) is 1.35. The largest absolute Gasteiger partial charge is 0.395 e. The highest BCUT2D eigenvalue weighted by molar-refractivity contribution is 8.26. The predicted octanol–water partition coefficient (Wildman–Crippen LogP) is 2.41. The number of carbonyl (C=O) groups is 1. The van der Waals surface area contributed by atoms with Crippen molar-refractivity contribution < 1.29 is 9.90 Å². The van der Waals surface area contributed by atoms with Gasteiger partial charge in [0.2, 0.25) is 0 Å². The lowest BCUT2D eigenvalue weighted by Gasteiger charge is -2.21. The van der Waals surface area contributed by atoms with E-state index in [1.54, 1.807) is 23.2 Å². The zero-order valence-electron chi connectivity index (χ0n) is 15.9. The first-order valence-corrected chi connectivity index (χ1v) is 10.2. The van der Waals surface area contributed by atoms with Crippen molar-refractivity contribution in [1.82, 2.24) is 14.3 Å². The number of hydrogen-bond acceptors (Lipinski definition) is 7. The van der Waals surface area contributed by atoms with E-state index < -0.39 is 0 Å². The molecule has 2 aromatic rings. The SMILES string of the molecule is CC[C@@H](C)N1C(=O)/C(=C/c2c(NCCO)nc3c(C)cccn3c2=O)SC1=S. The van der Waals surface area contributed by atoms with E-state index in [1.807, 2.05) is 26.8 Å². The fourth-order valence-electron chi connectivity index (χ4n) is 2.92. The lowest BCUT2D eigenvalue weighted by Crippen LogP contribution is -2.36. The number of hydrogen-bond donors (Lipinski definition) is 2. The van der Waals surface area contributed by atoms with Gasteiger partial charge in [0.05, 0.1) is 17.1 Å². The number of aliphatic hydroxyl groups is 1. The molecule has 1 fully saturated rings. The average Bonchev–Trinajstić information content (AvgIpc) is 2.96. The summed E-state index contributed by atoms with van der Waals surface area (Å²) in [5.74, 6) is 0.133. The van der Waals surface area contributed by atoms with E-state index in [9.17, 15) is 9.59 Å². The first-order valence-electron chi connectivity index (χ1n) is 9.02. The molecule has 7 nitrogen and oxygen atoms in total. The molecule has 0 aliphatic carbocycles. The molecule has 0 radical (unpaired) electrons. The standard InChI is InChI=1S/C19H22N4O3S2/c1-4-12(3)23-18(26)14(28-19(23)27)10-13-15(20-7-9-24)21-16-11(2)6-5-8-22(16)17(13)25/h5-6,8,10,12,20,24H,4,7,9H2,1-3H3/b14-10-/t12-/m1/s1. The maximum atomic E-state index is 13.1. The molecule has 1 aliphatic heterocycles. The summed E-state index contributed by atoms with van der Waals surface area (Å²) in [6.07, 6.45) is 3.98. The monoisotopic (exact) mass is 418 g/mol. The lowest BCUT2D eigenvalue weighted by molar-refractivity contribution is -0.123. The van der Waals surface area contributed by atoms with Crippen LogP contribution in [-0.2, 0) is 4.79 Å². The smallest absolute Gasteiger partial charge is 0.267 e. The average molecular weight is 419 g/mol. The zero-order chi connectivity index (χ0) is 20.4. The Balaban J connectivity index is 2.15. The summed E-state index contributed by atoms with van der Waals surface area (Å²) in [6, 6.07) is 3.64. The van der Waals surface area contributed by atoms with Crippen LogP contribution in [0.5, 0.6) is 0 Å². The highest BCUT2D eigenvalue weighted by Crippen LogP contribution is 2.34. The van der Waals surface area contributed by atoms with Crippen LogP contribution in [-0.4, -0.2) is 48.8 Å². The van der Waals surface area contributed by atoms with Crippen molar-refractivity contribution in [3.05, 3.63) is 44.7 Å². The molecule has 2 N–H and O–H groups in total. The third-order valence-corrected chi connectivity index (χ3v) is 5.95. The second-order valence-corrected chi connectivity index (χ2v) is 8.20. The molecule has 3 rings (SSSR count). The number of rotatable bonds is 6. The van der Waals surface area contributed by atoms with Gasteiger partial charge in [-0.05, 0) is 38.0 Å². The maximum absolute atomic E-state index is 13.1. The highest BCUT2D eigenvalue weighted by atomic mass is 32.2. The van der Waals surface area contributed by atoms with Gasteiger partial charge in [-0.2, -0.15) is 0 Å². The summed E-state index contributed by atoms with van der Waals surface area (Å²) in [7, 11) is 0. The van der Waals surface area contributed by atoms with Crippen molar-refractivity contribution in [3.8, 4) is 0 Å². The van der Waals surface area contributed by atoms with E-state index in [2.05, 4.69) is 10.3 Å². The summed E-state index contributed by atoms with van der Waals surface area (Å²) in [6.45, 7) is 5.94. The second kappa shape index (κ2) is 8.42. The normalized spacial score (nSPS) is 17.0. The van der Waals surface area contributed by atoms with Gasteiger partial charge in [-0.25, -0.2) is 4.98 Å². The van der Waals surface area contributed by atoms with Crippen LogP contribution in [0, 0.1) is 6.92 Å². The van der Waals surface area contributed by atoms with Gasteiger partial charge in [0, 0.05) is 18.8 Å². The Hall–Kier alpha value is -2.23. The number of nitrogens with zero attached hydrogens (tertiary/aromatic N) is 3. The minimum absolute atomic E-state index is 0.0103. The van der Waals surface area contributed by atoms with Crippen LogP contribution in [0.25, 0.3) is 11.7 Å². The number of anilines is 1. The fraction of sp³-hybridized carbons (Fsp3) is 0.368. The summed E-state index contributed by atoms with van der Waals surface area (Å²) < 4.78 is 1.95. The topological polar surface area (TPSA) is 86.9 Å². The van der Waals surface area contributed by atoms with Crippen LogP contribution in [0.15, 0.2) is 28.0 Å². The Morgan fingerprint density at radius 3 is 2.86 bits per heavy atom. The number of thiocarbonyl (C=S) groups is 1. The number of aryl methyl sites for hydroxylation is 1. The first-order chi connectivity index (χ1) is 13.4. The second-order valence-electron chi connectivity index (χ2n) is 6.52. The van der Waals surface area contributed by atoms with Gasteiger partial charge in [0.25, 0.3) is 11.5 Å². The van der Waals surface area contributed by atoms with Gasteiger partial charge >= 0.3 is 0 Å². The third-order valence-electron chi connectivity index (χ3n) is 4.62. The van der Waals surface area contributed by atoms with Crippen LogP contribution in [0.4, 0.5) is 5.82 Å². The maximum Gasteiger partial charge on any atom is 0.267 e. The minimum Gasteiger partial charge on any atom is -0.395 e. The molecule has 148 valence electrons. The number of carbonyl (C=O) groups excluding carboxylic acids is 1. The van der Waals surface area contributed by atoms with Crippen molar-refractivity contribution >= 4 is 51.7 Å². The molecule has 3 heterocycles. The zero-order valence-corrected chi connectivity index (χ0v) is 17.6. The molecule has 1 atom stereocenters. The Kier molecular flexibility index (Phi) is 6.17. The van der Waals surface area contributed by atoms with E-state index in [0.29, 0.717) is 20.7 Å². The molecule has 1 saturated heterocycles. The van der Waals surface area contributed by atoms with Gasteiger partial charge in [-0.1, -0.05) is 37.0 Å². The number of amides is 1. The summed E-state index contributed by atoms with van der Waals surface area (Å²) >= 11 is 6.55. The van der Waals surface area contributed by atoms with E-state index >= 15 is 0 Å². The molecule has 1 aliphatic rings. The van der Waals surface area contributed by atoms with E-state index in [4.69, 9.17) is 17.3 Å². The molecule has 0 bridgehead atoms. The number of pyridine rings is 1. The molecular weight excluding hydrogens is 396 g/mol. The van der Waals surface area contributed by atoms with Crippen LogP contribution >= 0.6 is 24.0 Å². The van der Waals surface area contributed by atoms with Gasteiger partial charge in [-0.15, -0.1) is 0 Å². The van der Waals surface area contributed by atoms with E-state index in [1.165, 1.54) is 16.2 Å². The molecule has 0 saturated carbocycles. The van der Waals surface area contributed by atoms with Gasteiger partial charge in [0.15, 0.2) is 0 Å². The Bertz CT molecular complexity index is 1030. The predicted molar refractivity (Wildman–Crippen MR) is 117 cm³/mol. The molecule has 2 aromatic heterocycles. The summed E-state index contributed by atoms with van der Waals surface area (Å²) in [5, 5.41) is 12.2. The lowest BCUT2D eigenvalue weighted by atomic mass is 10.2. The van der Waals surface area contributed by atoms with Crippen molar-refractivity contribution in [1.29, 1.82) is 0 Å². The molecule has 0 unspecified atom stereocenters. The van der Waals surface area contributed by atoms with E-state index in [-0.39, 0.29) is 36.2 Å². The van der Waals surface area contributed by atoms with Crippen molar-refractivity contribution in [2.45, 2.75) is 33.2 Å². The van der Waals surface area contributed by atoms with Crippen LogP contribution < -0.4 is 10.9 Å². The Morgan fingerprint density at radius 2 is 2.18 bits per heavy atom. The van der Waals surface area contributed by atoms with Crippen molar-refractivity contribution in [2.24, 2.45) is 0 Å². The highest BCUT2D eigenvalue weighted by Gasteiger charge is 2.35. The summed E-state index contributed by atoms with van der Waals surface area (Å²) in [4.78, 5) is 32.5. The number of nitrogens with one attached hydrogen (secondary N) is 1. The van der Waals surface area contributed by atoms with Crippen LogP contribution in [0.2, 0.25) is 0 Å². The molecule has 1 amide bonds. The quantitative estimate of drug-likeness (QED) is 0.550. The van der Waals surface area contributed by atoms with Crippen molar-refractivity contribution in [2.75, 3.05) is 18.5 Å². The number of aromatic nitrogens is 2. The molecule has 0 aromatic carbocycles. The number of thioether (sulfide) groups is 1. The van der Waals surface area contributed by atoms with Crippen LogP contribution in [0.3, 0.4) is 0 Å². The minimum atomic E-state index is -0.289.